The molecule has 0 spiro atoms. The average molecular weight is 428 g/mol. The molecule has 0 saturated carbocycles. The molecule has 3 N–H and O–H groups in total. The molecule has 2 aromatic heterocycles. The Bertz CT molecular complexity index is 1230. The van der Waals surface area contributed by atoms with Crippen LogP contribution in [0.1, 0.15) is 11.1 Å². The van der Waals surface area contributed by atoms with Crippen LogP contribution < -0.4 is 16.0 Å². The number of carbonyl (C=O) groups excluding carboxylic acids is 1. The third-order valence-corrected chi connectivity index (χ3v) is 4.59. The van der Waals surface area contributed by atoms with Crippen LogP contribution in [-0.4, -0.2) is 20.9 Å². The molecule has 4 rings (SSSR count). The number of pyridine rings is 1. The molecule has 160 valence electrons. The van der Waals surface area contributed by atoms with Crippen LogP contribution >= 0.6 is 0 Å². The van der Waals surface area contributed by atoms with Crippen molar-refractivity contribution in [1.29, 1.82) is 0 Å². The largest absolute Gasteiger partial charge is 0.340 e. The highest BCUT2D eigenvalue weighted by molar-refractivity contribution is 5.92. The topological polar surface area (TPSA) is 91.8 Å². The summed E-state index contributed by atoms with van der Waals surface area (Å²) < 4.78 is 13.7. The monoisotopic (exact) mass is 428 g/mol. The summed E-state index contributed by atoms with van der Waals surface area (Å²) in [6.45, 7) is 1.99. The van der Waals surface area contributed by atoms with E-state index in [1.807, 2.05) is 31.2 Å². The highest BCUT2D eigenvalue weighted by Crippen LogP contribution is 2.20. The van der Waals surface area contributed by atoms with Crippen LogP contribution in [-0.2, 0) is 11.2 Å². The Kier molecular flexibility index (Phi) is 6.31. The van der Waals surface area contributed by atoms with E-state index in [1.54, 1.807) is 42.6 Å². The highest BCUT2D eigenvalue weighted by atomic mass is 19.1. The minimum absolute atomic E-state index is 0.0286. The molecule has 0 bridgehead atoms. The smallest absolute Gasteiger partial charge is 0.228 e. The van der Waals surface area contributed by atoms with Crippen molar-refractivity contribution in [2.24, 2.45) is 0 Å². The number of aromatic nitrogens is 3. The van der Waals surface area contributed by atoms with Crippen molar-refractivity contribution in [2.75, 3.05) is 16.0 Å². The second-order valence-corrected chi connectivity index (χ2v) is 7.15. The van der Waals surface area contributed by atoms with Crippen molar-refractivity contribution in [3.8, 4) is 0 Å². The zero-order valence-electron chi connectivity index (χ0n) is 17.3. The van der Waals surface area contributed by atoms with Crippen molar-refractivity contribution in [2.45, 2.75) is 13.3 Å². The standard InChI is InChI=1S/C24H21FN6O/c1-16-10-11-26-21(12-16)31-23-14-22(27-15-28-23)29-18-6-8-19(9-7-18)30-24(32)13-17-4-2-3-5-20(17)25/h2-12,14-15H,13H2,1H3,(H,30,32)(H2,26,27,28,29,31). The van der Waals surface area contributed by atoms with Crippen molar-refractivity contribution < 1.29 is 9.18 Å². The van der Waals surface area contributed by atoms with Crippen molar-refractivity contribution in [3.05, 3.63) is 96.2 Å². The normalized spacial score (nSPS) is 10.4. The lowest BCUT2D eigenvalue weighted by atomic mass is 10.1. The quantitative estimate of drug-likeness (QED) is 0.384. The van der Waals surface area contributed by atoms with E-state index in [0.29, 0.717) is 28.7 Å². The zero-order chi connectivity index (χ0) is 22.3. The molecule has 0 atom stereocenters. The van der Waals surface area contributed by atoms with E-state index in [2.05, 4.69) is 30.9 Å². The van der Waals surface area contributed by atoms with E-state index in [-0.39, 0.29) is 18.1 Å². The summed E-state index contributed by atoms with van der Waals surface area (Å²) in [5.41, 5.74) is 2.86. The van der Waals surface area contributed by atoms with Gasteiger partial charge in [-0.25, -0.2) is 19.3 Å². The van der Waals surface area contributed by atoms with Gasteiger partial charge in [-0.15, -0.1) is 0 Å². The number of hydrogen-bond donors (Lipinski definition) is 3. The van der Waals surface area contributed by atoms with Gasteiger partial charge in [-0.2, -0.15) is 0 Å². The van der Waals surface area contributed by atoms with Crippen molar-refractivity contribution in [3.63, 3.8) is 0 Å². The third-order valence-electron chi connectivity index (χ3n) is 4.59. The maximum atomic E-state index is 13.7. The summed E-state index contributed by atoms with van der Waals surface area (Å²) in [5.74, 6) is 1.24. The summed E-state index contributed by atoms with van der Waals surface area (Å²) in [4.78, 5) is 24.9. The fourth-order valence-electron chi connectivity index (χ4n) is 3.03. The highest BCUT2D eigenvalue weighted by Gasteiger charge is 2.08. The van der Waals surface area contributed by atoms with Crippen LogP contribution in [0, 0.1) is 12.7 Å². The van der Waals surface area contributed by atoms with Gasteiger partial charge in [-0.3, -0.25) is 4.79 Å². The number of benzene rings is 2. The molecule has 4 aromatic rings. The van der Waals surface area contributed by atoms with Gasteiger partial charge in [0.25, 0.3) is 0 Å². The third kappa shape index (κ3) is 5.63. The van der Waals surface area contributed by atoms with Crippen LogP contribution in [0.15, 0.2) is 79.3 Å². The summed E-state index contributed by atoms with van der Waals surface area (Å²) in [7, 11) is 0. The molecular formula is C24H21FN6O. The van der Waals surface area contributed by atoms with Crippen LogP contribution in [0.5, 0.6) is 0 Å². The summed E-state index contributed by atoms with van der Waals surface area (Å²) in [6, 6.07) is 19.0. The van der Waals surface area contributed by atoms with Gasteiger partial charge in [-0.05, 0) is 60.5 Å². The van der Waals surface area contributed by atoms with Gasteiger partial charge in [0.1, 0.15) is 29.6 Å². The average Bonchev–Trinajstić information content (AvgIpc) is 2.77. The van der Waals surface area contributed by atoms with Gasteiger partial charge >= 0.3 is 0 Å². The molecule has 32 heavy (non-hydrogen) atoms. The first-order chi connectivity index (χ1) is 15.5. The molecule has 0 saturated heterocycles. The lowest BCUT2D eigenvalue weighted by molar-refractivity contribution is -0.115. The van der Waals surface area contributed by atoms with Crippen LogP contribution in [0.25, 0.3) is 0 Å². The maximum absolute atomic E-state index is 13.7. The number of nitrogens with one attached hydrogen (secondary N) is 3. The molecule has 0 unspecified atom stereocenters. The first kappa shape index (κ1) is 20.9. The Balaban J connectivity index is 1.36. The van der Waals surface area contributed by atoms with E-state index in [0.717, 1.165) is 11.3 Å². The van der Waals surface area contributed by atoms with E-state index >= 15 is 0 Å². The number of anilines is 5. The Morgan fingerprint density at radius 3 is 2.28 bits per heavy atom. The van der Waals surface area contributed by atoms with E-state index in [4.69, 9.17) is 0 Å². The predicted octanol–water partition coefficient (Wildman–Crippen LogP) is 4.99. The van der Waals surface area contributed by atoms with E-state index < -0.39 is 0 Å². The molecular weight excluding hydrogens is 407 g/mol. The molecule has 0 aliphatic rings. The second kappa shape index (κ2) is 9.65. The Labute approximate surface area is 184 Å². The van der Waals surface area contributed by atoms with Gasteiger partial charge in [-0.1, -0.05) is 18.2 Å². The first-order valence-corrected chi connectivity index (χ1v) is 9.97. The number of carbonyl (C=O) groups is 1. The number of nitrogens with zero attached hydrogens (tertiary/aromatic N) is 3. The van der Waals surface area contributed by atoms with Gasteiger partial charge in [0.05, 0.1) is 6.42 Å². The molecule has 0 fully saturated rings. The number of rotatable bonds is 7. The molecule has 2 heterocycles. The van der Waals surface area contributed by atoms with Crippen molar-refractivity contribution in [1.82, 2.24) is 15.0 Å². The molecule has 0 aliphatic heterocycles. The summed E-state index contributed by atoms with van der Waals surface area (Å²) in [5, 5.41) is 9.12. The Morgan fingerprint density at radius 1 is 0.844 bits per heavy atom. The fourth-order valence-corrected chi connectivity index (χ4v) is 3.03. The molecule has 8 heteroatoms. The molecule has 0 radical (unpaired) electrons. The minimum atomic E-state index is -0.390. The Morgan fingerprint density at radius 2 is 1.53 bits per heavy atom. The number of hydrogen-bond acceptors (Lipinski definition) is 6. The van der Waals surface area contributed by atoms with Gasteiger partial charge < -0.3 is 16.0 Å². The minimum Gasteiger partial charge on any atom is -0.340 e. The fraction of sp³-hybridized carbons (Fsp3) is 0.0833. The summed E-state index contributed by atoms with van der Waals surface area (Å²) in [6.07, 6.45) is 3.16. The first-order valence-electron chi connectivity index (χ1n) is 9.97. The number of halogens is 1. The lowest BCUT2D eigenvalue weighted by Gasteiger charge is -2.10. The second-order valence-electron chi connectivity index (χ2n) is 7.15. The van der Waals surface area contributed by atoms with Crippen LogP contribution in [0.3, 0.4) is 0 Å². The van der Waals surface area contributed by atoms with Gasteiger partial charge in [0.2, 0.25) is 5.91 Å². The summed E-state index contributed by atoms with van der Waals surface area (Å²) >= 11 is 0. The Hall–Kier alpha value is -4.33. The van der Waals surface area contributed by atoms with Crippen LogP contribution in [0.2, 0.25) is 0 Å². The lowest BCUT2D eigenvalue weighted by Crippen LogP contribution is -2.15. The zero-order valence-corrected chi connectivity index (χ0v) is 17.3. The molecule has 0 aliphatic carbocycles. The van der Waals surface area contributed by atoms with Gasteiger partial charge in [0.15, 0.2) is 0 Å². The van der Waals surface area contributed by atoms with E-state index in [9.17, 15) is 9.18 Å². The molecule has 2 aromatic carbocycles. The predicted molar refractivity (Wildman–Crippen MR) is 123 cm³/mol. The molecule has 7 nitrogen and oxygen atoms in total. The number of aryl methyl sites for hydroxylation is 1. The maximum Gasteiger partial charge on any atom is 0.228 e. The van der Waals surface area contributed by atoms with Crippen molar-refractivity contribution >= 4 is 34.7 Å². The van der Waals surface area contributed by atoms with E-state index in [1.165, 1.54) is 12.4 Å². The molecule has 1 amide bonds. The number of amides is 1. The van der Waals surface area contributed by atoms with Gasteiger partial charge in [0, 0.05) is 23.6 Å². The van der Waals surface area contributed by atoms with Crippen LogP contribution in [0.4, 0.5) is 33.2 Å². The SMILES string of the molecule is Cc1ccnc(Nc2cc(Nc3ccc(NC(=O)Cc4ccccc4F)cc3)ncn2)c1.